The third-order valence-electron chi connectivity index (χ3n) is 5.62. The third-order valence-corrected chi connectivity index (χ3v) is 7.80. The van der Waals surface area contributed by atoms with Crippen LogP contribution in [0.3, 0.4) is 0 Å². The predicted octanol–water partition coefficient (Wildman–Crippen LogP) is 1.74. The van der Waals surface area contributed by atoms with Crippen LogP contribution in [0.1, 0.15) is 36.1 Å². The fourth-order valence-electron chi connectivity index (χ4n) is 3.36. The Balaban J connectivity index is 2.23. The van der Waals surface area contributed by atoms with Crippen molar-refractivity contribution in [2.24, 2.45) is 11.7 Å². The van der Waals surface area contributed by atoms with E-state index in [2.05, 4.69) is 0 Å². The Kier molecular flexibility index (Phi) is 6.15. The molecule has 0 radical (unpaired) electrons. The van der Waals surface area contributed by atoms with Gasteiger partial charge < -0.3 is 10.6 Å². The van der Waals surface area contributed by atoms with Crippen LogP contribution in [-0.2, 0) is 14.8 Å². The summed E-state index contributed by atoms with van der Waals surface area (Å²) in [5.41, 5.74) is 9.39. The molecule has 1 amide bonds. The summed E-state index contributed by atoms with van der Waals surface area (Å²) in [6, 6.07) is 1.81. The molecule has 26 heavy (non-hydrogen) atoms. The topological polar surface area (TPSA) is 83.7 Å². The number of sulfonamides is 1. The lowest BCUT2D eigenvalue weighted by Crippen LogP contribution is -2.53. The SMILES string of the molecule is Cc1cc(C)c(C)c(S(=O)(=O)N2CCN(C(=O)C(C)C(C)N)CC2)c1C. The van der Waals surface area contributed by atoms with E-state index in [1.54, 1.807) is 4.90 Å². The number of benzene rings is 1. The molecule has 0 saturated carbocycles. The van der Waals surface area contributed by atoms with Crippen LogP contribution in [0.2, 0.25) is 0 Å². The van der Waals surface area contributed by atoms with E-state index in [0.717, 1.165) is 22.3 Å². The highest BCUT2D eigenvalue weighted by atomic mass is 32.2. The number of nitrogens with two attached hydrogens (primary N) is 1. The first-order valence-corrected chi connectivity index (χ1v) is 10.5. The minimum absolute atomic E-state index is 0.00388. The van der Waals surface area contributed by atoms with Gasteiger partial charge in [0.25, 0.3) is 0 Å². The first kappa shape index (κ1) is 20.9. The van der Waals surface area contributed by atoms with Crippen molar-refractivity contribution in [2.45, 2.75) is 52.5 Å². The van der Waals surface area contributed by atoms with Crippen LogP contribution in [0.5, 0.6) is 0 Å². The highest BCUT2D eigenvalue weighted by molar-refractivity contribution is 7.89. The molecule has 1 fully saturated rings. The summed E-state index contributed by atoms with van der Waals surface area (Å²) in [7, 11) is -3.58. The normalized spacial score (nSPS) is 18.7. The summed E-state index contributed by atoms with van der Waals surface area (Å²) in [5, 5.41) is 0. The van der Waals surface area contributed by atoms with Gasteiger partial charge in [-0.2, -0.15) is 4.31 Å². The maximum atomic E-state index is 13.3. The highest BCUT2D eigenvalue weighted by Crippen LogP contribution is 2.29. The second kappa shape index (κ2) is 7.66. The van der Waals surface area contributed by atoms with E-state index >= 15 is 0 Å². The molecule has 1 aromatic rings. The van der Waals surface area contributed by atoms with Crippen molar-refractivity contribution < 1.29 is 13.2 Å². The molecular formula is C19H31N3O3S. The molecule has 0 spiro atoms. The monoisotopic (exact) mass is 381 g/mol. The first-order chi connectivity index (χ1) is 12.0. The molecule has 2 atom stereocenters. The molecular weight excluding hydrogens is 350 g/mol. The summed E-state index contributed by atoms with van der Waals surface area (Å²) in [6.45, 7) is 12.7. The fraction of sp³-hybridized carbons (Fsp3) is 0.632. The van der Waals surface area contributed by atoms with Crippen LogP contribution in [0.4, 0.5) is 0 Å². The van der Waals surface area contributed by atoms with Crippen molar-refractivity contribution in [1.29, 1.82) is 0 Å². The van der Waals surface area contributed by atoms with Crippen LogP contribution in [-0.4, -0.2) is 55.8 Å². The highest BCUT2D eigenvalue weighted by Gasteiger charge is 2.34. The van der Waals surface area contributed by atoms with Gasteiger partial charge in [-0.25, -0.2) is 8.42 Å². The van der Waals surface area contributed by atoms with E-state index in [0.29, 0.717) is 31.1 Å². The van der Waals surface area contributed by atoms with Gasteiger partial charge >= 0.3 is 0 Å². The van der Waals surface area contributed by atoms with Gasteiger partial charge in [-0.05, 0) is 56.9 Å². The number of carbonyl (C=O) groups excluding carboxylic acids is 1. The van der Waals surface area contributed by atoms with Crippen molar-refractivity contribution in [2.75, 3.05) is 26.2 Å². The van der Waals surface area contributed by atoms with Crippen molar-refractivity contribution >= 4 is 15.9 Å². The zero-order chi connectivity index (χ0) is 19.8. The van der Waals surface area contributed by atoms with Crippen LogP contribution >= 0.6 is 0 Å². The Morgan fingerprint density at radius 2 is 1.46 bits per heavy atom. The van der Waals surface area contributed by atoms with E-state index in [1.807, 2.05) is 47.6 Å². The summed E-state index contributed by atoms with van der Waals surface area (Å²) >= 11 is 0. The molecule has 1 heterocycles. The van der Waals surface area contributed by atoms with Crippen LogP contribution < -0.4 is 5.73 Å². The molecule has 2 rings (SSSR count). The van der Waals surface area contributed by atoms with Crippen molar-refractivity contribution in [3.8, 4) is 0 Å². The second-order valence-electron chi connectivity index (χ2n) is 7.47. The summed E-state index contributed by atoms with van der Waals surface area (Å²) in [4.78, 5) is 14.6. The molecule has 0 bridgehead atoms. The Morgan fingerprint density at radius 3 is 1.88 bits per heavy atom. The average Bonchev–Trinajstić information content (AvgIpc) is 2.58. The van der Waals surface area contributed by atoms with Crippen molar-refractivity contribution in [3.63, 3.8) is 0 Å². The number of carbonyl (C=O) groups is 1. The summed E-state index contributed by atoms with van der Waals surface area (Å²) < 4.78 is 28.0. The molecule has 6 nitrogen and oxygen atoms in total. The van der Waals surface area contributed by atoms with E-state index < -0.39 is 10.0 Å². The smallest absolute Gasteiger partial charge is 0.243 e. The molecule has 2 unspecified atom stereocenters. The number of amides is 1. The third kappa shape index (κ3) is 3.80. The van der Waals surface area contributed by atoms with Gasteiger partial charge in [0.15, 0.2) is 0 Å². The molecule has 1 saturated heterocycles. The van der Waals surface area contributed by atoms with Crippen molar-refractivity contribution in [1.82, 2.24) is 9.21 Å². The molecule has 2 N–H and O–H groups in total. The standard InChI is InChI=1S/C19H31N3O3S/c1-12-11-13(2)15(4)18(14(12)3)26(24,25)22-9-7-21(8-10-22)19(23)16(5)17(6)20/h11,16-17H,7-10,20H2,1-6H3. The lowest BCUT2D eigenvalue weighted by Gasteiger charge is -2.36. The Morgan fingerprint density at radius 1 is 1.00 bits per heavy atom. The average molecular weight is 382 g/mol. The van der Waals surface area contributed by atoms with E-state index in [9.17, 15) is 13.2 Å². The summed E-state index contributed by atoms with van der Waals surface area (Å²) in [6.07, 6.45) is 0. The van der Waals surface area contributed by atoms with Crippen LogP contribution in [0, 0.1) is 33.6 Å². The molecule has 1 aliphatic rings. The van der Waals surface area contributed by atoms with Gasteiger partial charge in [-0.1, -0.05) is 13.0 Å². The van der Waals surface area contributed by atoms with Crippen LogP contribution in [0.15, 0.2) is 11.0 Å². The van der Waals surface area contributed by atoms with Gasteiger partial charge in [-0.15, -0.1) is 0 Å². The van der Waals surface area contributed by atoms with Gasteiger partial charge in [0.2, 0.25) is 15.9 Å². The van der Waals surface area contributed by atoms with Crippen LogP contribution in [0.25, 0.3) is 0 Å². The lowest BCUT2D eigenvalue weighted by molar-refractivity contribution is -0.136. The zero-order valence-corrected chi connectivity index (χ0v) is 17.5. The molecule has 0 aromatic heterocycles. The number of nitrogens with zero attached hydrogens (tertiary/aromatic N) is 2. The Hall–Kier alpha value is -1.44. The van der Waals surface area contributed by atoms with E-state index in [-0.39, 0.29) is 17.9 Å². The number of hydrogen-bond donors (Lipinski definition) is 1. The summed E-state index contributed by atoms with van der Waals surface area (Å²) in [5.74, 6) is -0.266. The number of aryl methyl sites for hydroxylation is 2. The molecule has 7 heteroatoms. The largest absolute Gasteiger partial charge is 0.340 e. The minimum Gasteiger partial charge on any atom is -0.340 e. The predicted molar refractivity (Wildman–Crippen MR) is 104 cm³/mol. The molecule has 1 aliphatic heterocycles. The number of hydrogen-bond acceptors (Lipinski definition) is 4. The van der Waals surface area contributed by atoms with Gasteiger partial charge in [-0.3, -0.25) is 4.79 Å². The van der Waals surface area contributed by atoms with E-state index in [1.165, 1.54) is 4.31 Å². The van der Waals surface area contributed by atoms with E-state index in [4.69, 9.17) is 5.73 Å². The van der Waals surface area contributed by atoms with Gasteiger partial charge in [0, 0.05) is 32.2 Å². The quantitative estimate of drug-likeness (QED) is 0.861. The molecule has 0 aliphatic carbocycles. The molecule has 146 valence electrons. The minimum atomic E-state index is -3.58. The number of piperazine rings is 1. The Bertz CT molecular complexity index is 768. The fourth-order valence-corrected chi connectivity index (χ4v) is 5.36. The number of rotatable bonds is 4. The maximum Gasteiger partial charge on any atom is 0.243 e. The van der Waals surface area contributed by atoms with Gasteiger partial charge in [0.1, 0.15) is 0 Å². The Labute approximate surface area is 157 Å². The van der Waals surface area contributed by atoms with Crippen molar-refractivity contribution in [3.05, 3.63) is 28.3 Å². The lowest BCUT2D eigenvalue weighted by atomic mass is 10.0. The first-order valence-electron chi connectivity index (χ1n) is 9.10. The maximum absolute atomic E-state index is 13.3. The van der Waals surface area contributed by atoms with Gasteiger partial charge in [0.05, 0.1) is 10.8 Å². The zero-order valence-electron chi connectivity index (χ0n) is 16.7. The second-order valence-corrected chi connectivity index (χ2v) is 9.34. The molecule has 1 aromatic carbocycles.